The van der Waals surface area contributed by atoms with Crippen LogP contribution >= 0.6 is 0 Å². The van der Waals surface area contributed by atoms with E-state index in [1.54, 1.807) is 0 Å². The third-order valence-electron chi connectivity index (χ3n) is 4.65. The van der Waals surface area contributed by atoms with Gasteiger partial charge in [-0.25, -0.2) is 4.98 Å². The van der Waals surface area contributed by atoms with Crippen molar-refractivity contribution in [2.75, 3.05) is 38.5 Å². The molecule has 0 unspecified atom stereocenters. The Kier molecular flexibility index (Phi) is 7.18. The second kappa shape index (κ2) is 9.36. The third-order valence-corrected chi connectivity index (χ3v) is 4.65. The fourth-order valence-corrected chi connectivity index (χ4v) is 3.17. The lowest BCUT2D eigenvalue weighted by atomic mass is 9.96. The summed E-state index contributed by atoms with van der Waals surface area (Å²) in [6.45, 7) is 4.04. The number of piperidine rings is 1. The number of rotatable bonds is 8. The first kappa shape index (κ1) is 19.2. The molecule has 7 nitrogen and oxygen atoms in total. The minimum Gasteiger partial charge on any atom is -0.480 e. The van der Waals surface area contributed by atoms with Crippen LogP contribution in [0.3, 0.4) is 0 Å². The van der Waals surface area contributed by atoms with Crippen LogP contribution in [0.25, 0.3) is 0 Å². The van der Waals surface area contributed by atoms with E-state index in [0.717, 1.165) is 17.9 Å². The second-order valence-electron chi connectivity index (χ2n) is 6.40. The normalized spacial score (nSPS) is 15.8. The van der Waals surface area contributed by atoms with Crippen LogP contribution < -0.4 is 10.6 Å². The largest absolute Gasteiger partial charge is 0.480 e. The highest BCUT2D eigenvalue weighted by Gasteiger charge is 2.25. The number of aromatic nitrogens is 1. The number of likely N-dealkylation sites (tertiary alicyclic amines) is 1. The molecule has 1 aliphatic rings. The Hall–Kier alpha value is -2.15. The van der Waals surface area contributed by atoms with Gasteiger partial charge in [0.2, 0.25) is 5.91 Å². The summed E-state index contributed by atoms with van der Waals surface area (Å²) in [6.07, 6.45) is 3.06. The maximum atomic E-state index is 12.3. The predicted octanol–water partition coefficient (Wildman–Crippen LogP) is 1.14. The first-order valence-electron chi connectivity index (χ1n) is 8.91. The van der Waals surface area contributed by atoms with Gasteiger partial charge in [0.15, 0.2) is 0 Å². The first-order chi connectivity index (χ1) is 12.0. The molecule has 3 N–H and O–H groups in total. The van der Waals surface area contributed by atoms with Crippen LogP contribution in [0.4, 0.5) is 5.82 Å². The SMILES string of the molecule is CCc1ccc(CCNC(=O)C2CCN(CC(=O)O)CC2)nc1NC. The van der Waals surface area contributed by atoms with E-state index in [-0.39, 0.29) is 18.4 Å². The zero-order chi connectivity index (χ0) is 18.2. The molecule has 0 radical (unpaired) electrons. The molecule has 1 amide bonds. The molecule has 7 heteroatoms. The molecule has 0 aromatic carbocycles. The Morgan fingerprint density at radius 1 is 1.32 bits per heavy atom. The summed E-state index contributed by atoms with van der Waals surface area (Å²) in [5, 5.41) is 14.9. The highest BCUT2D eigenvalue weighted by molar-refractivity contribution is 5.78. The smallest absolute Gasteiger partial charge is 0.317 e. The van der Waals surface area contributed by atoms with Gasteiger partial charge in [0.25, 0.3) is 0 Å². The van der Waals surface area contributed by atoms with Gasteiger partial charge in [-0.1, -0.05) is 13.0 Å². The fourth-order valence-electron chi connectivity index (χ4n) is 3.17. The van der Waals surface area contributed by atoms with Crippen LogP contribution in [-0.2, 0) is 22.4 Å². The molecule has 138 valence electrons. The average Bonchev–Trinajstić information content (AvgIpc) is 2.61. The molecular formula is C18H28N4O3. The van der Waals surface area contributed by atoms with E-state index < -0.39 is 5.97 Å². The number of carboxylic acids is 1. The molecule has 2 rings (SSSR count). The van der Waals surface area contributed by atoms with Crippen LogP contribution in [-0.4, -0.2) is 60.1 Å². The van der Waals surface area contributed by atoms with Gasteiger partial charge in [-0.15, -0.1) is 0 Å². The molecular weight excluding hydrogens is 320 g/mol. The van der Waals surface area contributed by atoms with E-state index in [4.69, 9.17) is 5.11 Å². The van der Waals surface area contributed by atoms with Crippen LogP contribution in [0.5, 0.6) is 0 Å². The molecule has 0 atom stereocenters. The lowest BCUT2D eigenvalue weighted by molar-refractivity contribution is -0.138. The molecule has 0 spiro atoms. The lowest BCUT2D eigenvalue weighted by Gasteiger charge is -2.29. The molecule has 25 heavy (non-hydrogen) atoms. The van der Waals surface area contributed by atoms with Gasteiger partial charge >= 0.3 is 5.97 Å². The predicted molar refractivity (Wildman–Crippen MR) is 96.7 cm³/mol. The third kappa shape index (κ3) is 5.70. The number of nitrogens with one attached hydrogen (secondary N) is 2. The number of aliphatic carboxylic acids is 1. The van der Waals surface area contributed by atoms with Gasteiger partial charge in [-0.2, -0.15) is 0 Å². The Labute approximate surface area is 148 Å². The molecule has 0 aliphatic carbocycles. The number of carboxylic acid groups (broad SMARTS) is 1. The number of pyridine rings is 1. The number of nitrogens with zero attached hydrogens (tertiary/aromatic N) is 2. The van der Waals surface area contributed by atoms with E-state index in [2.05, 4.69) is 28.6 Å². The van der Waals surface area contributed by atoms with Crippen LogP contribution in [0.2, 0.25) is 0 Å². The van der Waals surface area contributed by atoms with Crippen molar-refractivity contribution >= 4 is 17.7 Å². The zero-order valence-electron chi connectivity index (χ0n) is 15.0. The van der Waals surface area contributed by atoms with Crippen LogP contribution in [0.1, 0.15) is 31.0 Å². The van der Waals surface area contributed by atoms with Gasteiger partial charge in [-0.05, 0) is 44.0 Å². The molecule has 1 fully saturated rings. The maximum absolute atomic E-state index is 12.3. The van der Waals surface area contributed by atoms with Gasteiger partial charge in [0.05, 0.1) is 6.54 Å². The summed E-state index contributed by atoms with van der Waals surface area (Å²) >= 11 is 0. The molecule has 1 saturated heterocycles. The van der Waals surface area contributed by atoms with Crippen molar-refractivity contribution in [3.05, 3.63) is 23.4 Å². The number of hydrogen-bond donors (Lipinski definition) is 3. The van der Waals surface area contributed by atoms with Gasteiger partial charge in [0, 0.05) is 31.6 Å². The van der Waals surface area contributed by atoms with E-state index in [0.29, 0.717) is 38.9 Å². The summed E-state index contributed by atoms with van der Waals surface area (Å²) in [6, 6.07) is 4.09. The standard InChI is InChI=1S/C18H28N4O3/c1-3-13-4-5-15(21-17(13)19-2)6-9-20-18(25)14-7-10-22(11-8-14)12-16(23)24/h4-5,14H,3,6-12H2,1-2H3,(H,19,21)(H,20,25)(H,23,24). The molecule has 1 aromatic rings. The van der Waals surface area contributed by atoms with Crippen molar-refractivity contribution in [3.8, 4) is 0 Å². The van der Waals surface area contributed by atoms with Gasteiger partial charge in [0.1, 0.15) is 5.82 Å². The van der Waals surface area contributed by atoms with E-state index in [1.165, 1.54) is 5.56 Å². The minimum absolute atomic E-state index is 0.0201. The number of carbonyl (C=O) groups is 2. The Morgan fingerprint density at radius 3 is 2.64 bits per heavy atom. The average molecular weight is 348 g/mol. The van der Waals surface area contributed by atoms with Gasteiger partial charge < -0.3 is 15.7 Å². The van der Waals surface area contributed by atoms with Crippen molar-refractivity contribution in [1.82, 2.24) is 15.2 Å². The van der Waals surface area contributed by atoms with Crippen molar-refractivity contribution < 1.29 is 14.7 Å². The number of carbonyl (C=O) groups excluding carboxylic acids is 1. The summed E-state index contributed by atoms with van der Waals surface area (Å²) < 4.78 is 0. The highest BCUT2D eigenvalue weighted by Crippen LogP contribution is 2.17. The second-order valence-corrected chi connectivity index (χ2v) is 6.40. The van der Waals surface area contributed by atoms with Crippen molar-refractivity contribution in [2.45, 2.75) is 32.6 Å². The number of hydrogen-bond acceptors (Lipinski definition) is 5. The van der Waals surface area contributed by atoms with Crippen LogP contribution in [0, 0.1) is 5.92 Å². The van der Waals surface area contributed by atoms with Crippen molar-refractivity contribution in [2.24, 2.45) is 5.92 Å². The molecule has 0 saturated carbocycles. The molecule has 0 bridgehead atoms. The first-order valence-corrected chi connectivity index (χ1v) is 8.91. The molecule has 2 heterocycles. The number of aryl methyl sites for hydroxylation is 1. The van der Waals surface area contributed by atoms with Crippen LogP contribution in [0.15, 0.2) is 12.1 Å². The molecule has 1 aliphatic heterocycles. The fraction of sp³-hybridized carbons (Fsp3) is 0.611. The Bertz CT molecular complexity index is 598. The summed E-state index contributed by atoms with van der Waals surface area (Å²) in [7, 11) is 1.86. The van der Waals surface area contributed by atoms with Gasteiger partial charge in [-0.3, -0.25) is 14.5 Å². The zero-order valence-corrected chi connectivity index (χ0v) is 15.0. The molecule has 1 aromatic heterocycles. The maximum Gasteiger partial charge on any atom is 0.317 e. The number of amides is 1. The topological polar surface area (TPSA) is 94.6 Å². The lowest BCUT2D eigenvalue weighted by Crippen LogP contribution is -2.42. The Balaban J connectivity index is 1.75. The van der Waals surface area contributed by atoms with E-state index in [1.807, 2.05) is 18.0 Å². The number of anilines is 1. The summed E-state index contributed by atoms with van der Waals surface area (Å²) in [5.74, 6) is 0.130. The summed E-state index contributed by atoms with van der Waals surface area (Å²) in [4.78, 5) is 29.4. The Morgan fingerprint density at radius 2 is 2.04 bits per heavy atom. The van der Waals surface area contributed by atoms with Crippen molar-refractivity contribution in [3.63, 3.8) is 0 Å². The minimum atomic E-state index is -0.814. The quantitative estimate of drug-likeness (QED) is 0.652. The van der Waals surface area contributed by atoms with Crippen molar-refractivity contribution in [1.29, 1.82) is 0 Å². The monoisotopic (exact) mass is 348 g/mol. The van der Waals surface area contributed by atoms with E-state index >= 15 is 0 Å². The highest BCUT2D eigenvalue weighted by atomic mass is 16.4. The van der Waals surface area contributed by atoms with E-state index in [9.17, 15) is 9.59 Å². The summed E-state index contributed by atoms with van der Waals surface area (Å²) in [5.41, 5.74) is 2.14.